The molecular formula is C31H36CuN6O3V6+6. The first-order chi connectivity index (χ1) is 17.1. The zero-order valence-electron chi connectivity index (χ0n) is 26.7. The maximum absolute atomic E-state index is 11.7. The van der Waals surface area contributed by atoms with E-state index < -0.39 is 0 Å². The van der Waals surface area contributed by atoms with Crippen molar-refractivity contribution in [1.29, 1.82) is 0 Å². The molecule has 1 aliphatic heterocycles. The van der Waals surface area contributed by atoms with Crippen LogP contribution in [0.3, 0.4) is 0 Å². The zero-order valence-corrected chi connectivity index (χ0v) is 36.0. The first kappa shape index (κ1) is 68.0. The summed E-state index contributed by atoms with van der Waals surface area (Å²) in [5.74, 6) is -0.144. The van der Waals surface area contributed by atoms with Crippen molar-refractivity contribution in [2.75, 3.05) is 12.1 Å². The molecule has 5 rings (SSSR count). The minimum atomic E-state index is -0.282. The molecule has 3 N–H and O–H groups in total. The number of fused-ring (bicyclic) bond motifs is 1. The van der Waals surface area contributed by atoms with Crippen LogP contribution in [0.5, 0.6) is 11.5 Å². The van der Waals surface area contributed by atoms with Crippen molar-refractivity contribution in [3.05, 3.63) is 128 Å². The van der Waals surface area contributed by atoms with E-state index in [1.807, 2.05) is 48.5 Å². The van der Waals surface area contributed by atoms with E-state index >= 15 is 0 Å². The summed E-state index contributed by atoms with van der Waals surface area (Å²) in [5, 5.41) is 38.3. The molecule has 0 aromatic heterocycles. The maximum Gasteiger partial charge on any atom is 4.00 e. The zero-order chi connectivity index (χ0) is 24.6. The number of nitrogens with one attached hydrogen (secondary N) is 1. The summed E-state index contributed by atoms with van der Waals surface area (Å²) >= 11 is 0. The average Bonchev–Trinajstić information content (AvgIpc) is 3.26. The number of amides is 1. The number of phenols is 2. The fraction of sp³-hybridized carbons (Fsp3) is 0.0323. The molecule has 0 saturated carbocycles. The van der Waals surface area contributed by atoms with E-state index in [9.17, 15) is 15.0 Å². The van der Waals surface area contributed by atoms with Crippen molar-refractivity contribution in [2.45, 2.75) is 0 Å². The molecule has 0 atom stereocenters. The molecule has 0 fully saturated rings. The van der Waals surface area contributed by atoms with Gasteiger partial charge in [-0.3, -0.25) is 10.1 Å². The first-order valence-corrected chi connectivity index (χ1v) is 10.6. The van der Waals surface area contributed by atoms with Crippen LogP contribution in [0.4, 0.5) is 17.1 Å². The Hall–Kier alpha value is -1.02. The van der Waals surface area contributed by atoms with Gasteiger partial charge in [-0.15, -0.1) is 10.2 Å². The molecular weight excluding hydrogens is 874 g/mol. The normalized spacial score (nSPS) is 10.4. The maximum atomic E-state index is 11.7. The molecule has 243 valence electrons. The van der Waals surface area contributed by atoms with Crippen LogP contribution in [0.25, 0.3) is 10.8 Å². The van der Waals surface area contributed by atoms with Gasteiger partial charge in [0.05, 0.1) is 0 Å². The predicted octanol–water partition coefficient (Wildman–Crippen LogP) is 7.37. The summed E-state index contributed by atoms with van der Waals surface area (Å²) in [5.41, 5.74) is 4.15. The minimum Gasteiger partial charge on any atom is -0.506 e. The van der Waals surface area contributed by atoms with Crippen LogP contribution in [0, 0.1) is 37.1 Å². The molecule has 0 bridgehead atoms. The number of rotatable bonds is 4. The van der Waals surface area contributed by atoms with Crippen LogP contribution < -0.4 is 10.4 Å². The van der Waals surface area contributed by atoms with Gasteiger partial charge in [0.25, 0.3) is 0 Å². The van der Waals surface area contributed by atoms with Crippen molar-refractivity contribution >= 4 is 45.7 Å². The number of hydrazone groups is 2. The molecule has 47 heavy (non-hydrogen) atoms. The Bertz CT molecular complexity index is 1470. The molecule has 9 nitrogen and oxygen atoms in total. The molecule has 0 aliphatic carbocycles. The van der Waals surface area contributed by atoms with Gasteiger partial charge in [-0.25, -0.2) is 5.10 Å². The Kier molecular flexibility index (Phi) is 50.4. The quantitative estimate of drug-likeness (QED) is 0.0858. The summed E-state index contributed by atoms with van der Waals surface area (Å²) in [4.78, 5) is 11.7. The van der Waals surface area contributed by atoms with Gasteiger partial charge in [-0.1, -0.05) is 66.9 Å². The van der Waals surface area contributed by atoms with E-state index in [4.69, 9.17) is 0 Å². The number of hydrogen-bond donors (Lipinski definition) is 3. The molecule has 0 saturated heterocycles. The third-order valence-electron chi connectivity index (χ3n) is 4.90. The number of aromatic hydroxyl groups is 2. The fourth-order valence-electron chi connectivity index (χ4n) is 3.20. The molecule has 0 spiro atoms. The molecule has 1 heterocycles. The summed E-state index contributed by atoms with van der Waals surface area (Å²) in [6.07, 6.45) is 2.54. The van der Waals surface area contributed by atoms with E-state index in [0.29, 0.717) is 17.1 Å². The minimum absolute atomic E-state index is 0. The number of carbonyl (C=O) groups excluding carboxylic acids is 1. The van der Waals surface area contributed by atoms with Gasteiger partial charge in [-0.05, 0) is 41.4 Å². The van der Waals surface area contributed by atoms with Gasteiger partial charge in [0.2, 0.25) is 0 Å². The van der Waals surface area contributed by atoms with Crippen molar-refractivity contribution in [2.24, 2.45) is 20.4 Å². The summed E-state index contributed by atoms with van der Waals surface area (Å²) < 4.78 is 0. The van der Waals surface area contributed by atoms with Crippen LogP contribution in [0.1, 0.15) is 0 Å². The van der Waals surface area contributed by atoms with Crippen molar-refractivity contribution in [3.63, 3.8) is 0 Å². The Balaban J connectivity index is -0.0000000714. The van der Waals surface area contributed by atoms with Gasteiger partial charge in [0.15, 0.2) is 5.75 Å². The molecule has 7 radical (unpaired) electrons. The Morgan fingerprint density at radius 3 is 1.81 bits per heavy atom. The van der Waals surface area contributed by atoms with Gasteiger partial charge < -0.3 is 57.6 Å². The number of carbonyl (C=O) groups is 1. The average molecular weight is 910 g/mol. The second-order valence-electron chi connectivity index (χ2n) is 7.19. The van der Waals surface area contributed by atoms with E-state index in [1.54, 1.807) is 43.4 Å². The van der Waals surface area contributed by atoms with Gasteiger partial charge in [0, 0.05) is 72.3 Å². The first-order valence-electron chi connectivity index (χ1n) is 10.6. The van der Waals surface area contributed by atoms with Crippen LogP contribution in [0.2, 0.25) is 0 Å². The number of nitrogens with zero attached hydrogens (tertiary/aromatic N) is 5. The van der Waals surface area contributed by atoms with Gasteiger partial charge in [0.1, 0.15) is 23.0 Å². The summed E-state index contributed by atoms with van der Waals surface area (Å²) in [7, 11) is 1.62. The summed E-state index contributed by atoms with van der Waals surface area (Å²) in [6, 6.07) is 26.9. The Morgan fingerprint density at radius 2 is 1.23 bits per heavy atom. The Morgan fingerprint density at radius 1 is 0.723 bits per heavy atom. The SMILES string of the molecule is CNN=C1[C-]=NN(c2ccccc2)C1=O.Oc1ccccc1N=Nc1ccc2ccccc2c1O.[CH3-].[CH3-].[CH3-].[CH3-].[CH3-].[Cu].[V+2].[V+2].[V+4].[V+4].[V].[V]. The number of para-hydroxylation sites is 2. The molecule has 1 aliphatic rings. The topological polar surface area (TPSA) is 122 Å². The second kappa shape index (κ2) is 34.8. The van der Waals surface area contributed by atoms with Crippen molar-refractivity contribution < 1.29 is 143 Å². The number of hydrogen-bond acceptors (Lipinski definition) is 8. The van der Waals surface area contributed by atoms with Crippen molar-refractivity contribution in [3.8, 4) is 11.5 Å². The van der Waals surface area contributed by atoms with Gasteiger partial charge in [-0.2, -0.15) is 0 Å². The molecule has 1 amide bonds. The Labute approximate surface area is 362 Å². The van der Waals surface area contributed by atoms with Crippen LogP contribution in [0.15, 0.2) is 111 Å². The van der Waals surface area contributed by atoms with Crippen LogP contribution in [-0.2, 0) is 133 Å². The second-order valence-corrected chi connectivity index (χ2v) is 7.19. The number of azo groups is 1. The monoisotopic (exact) mass is 909 g/mol. The molecule has 0 unspecified atom stereocenters. The predicted molar refractivity (Wildman–Crippen MR) is 168 cm³/mol. The number of anilines is 1. The van der Waals surface area contributed by atoms with Crippen molar-refractivity contribution in [1.82, 2.24) is 5.43 Å². The third kappa shape index (κ3) is 18.5. The van der Waals surface area contributed by atoms with Gasteiger partial charge >= 0.3 is 74.2 Å². The summed E-state index contributed by atoms with van der Waals surface area (Å²) in [6.45, 7) is 0. The fourth-order valence-corrected chi connectivity index (χ4v) is 3.20. The van der Waals surface area contributed by atoms with E-state index in [1.165, 1.54) is 11.1 Å². The van der Waals surface area contributed by atoms with E-state index in [0.717, 1.165) is 10.8 Å². The molecule has 16 heteroatoms. The largest absolute Gasteiger partial charge is 4.00 e. The van der Waals surface area contributed by atoms with E-state index in [-0.39, 0.29) is 189 Å². The standard InChI is InChI=1S/C16H12N2O2.C10H9N4O.5CH3.Cu.6V/c19-15-8-4-3-7-13(15)17-18-14-10-9-11-5-1-2-6-12(11)16(14)20;1-11-13-9-7-12-14(10(9)15)8-5-3-2-4-6-8;;;;;;;;;;;;/h1-10,19-20H;2-6,11H,1H3;5*1H3;;;;;;;/q;6*-1;;;;2*+2;2*+4. The van der Waals surface area contributed by atoms with Crippen LogP contribution >= 0.6 is 0 Å². The molecule has 4 aromatic rings. The molecule has 4 aromatic carbocycles. The van der Waals surface area contributed by atoms with E-state index in [2.05, 4.69) is 32.1 Å². The third-order valence-corrected chi connectivity index (χ3v) is 4.90. The number of phenolic OH excluding ortho intramolecular Hbond substituents is 2. The van der Waals surface area contributed by atoms with Crippen LogP contribution in [-0.4, -0.2) is 35.1 Å². The number of benzene rings is 4. The smallest absolute Gasteiger partial charge is 0.506 e.